The van der Waals surface area contributed by atoms with Crippen LogP contribution in [-0.4, -0.2) is 20.8 Å². The largest absolute Gasteiger partial charge is 0.378 e. The fourth-order valence-corrected chi connectivity index (χ4v) is 5.38. The lowest BCUT2D eigenvalue weighted by atomic mass is 9.99. The number of para-hydroxylation sites is 2. The maximum atomic E-state index is 4.64. The summed E-state index contributed by atoms with van der Waals surface area (Å²) in [5.41, 5.74) is 7.02. The molecule has 0 spiro atoms. The minimum atomic E-state index is 0.0818. The van der Waals surface area contributed by atoms with Crippen molar-refractivity contribution in [2.75, 3.05) is 5.32 Å². The van der Waals surface area contributed by atoms with Crippen molar-refractivity contribution in [1.82, 2.24) is 14.8 Å². The number of hydrogen-bond acceptors (Lipinski definition) is 3. The van der Waals surface area contributed by atoms with Crippen molar-refractivity contribution in [3.05, 3.63) is 133 Å². The Kier molecular flexibility index (Phi) is 7.09. The minimum Gasteiger partial charge on any atom is -0.378 e. The molecule has 1 N–H and O–H groups in total. The molecule has 3 aromatic carbocycles. The molecule has 6 rings (SSSR count). The Bertz CT molecular complexity index is 1540. The van der Waals surface area contributed by atoms with E-state index in [-0.39, 0.29) is 6.04 Å². The van der Waals surface area contributed by atoms with Crippen LogP contribution in [0, 0.1) is 11.8 Å². The first kappa shape index (κ1) is 24.9. The number of anilines is 1. The number of rotatable bonds is 9. The first-order chi connectivity index (χ1) is 19.2. The van der Waals surface area contributed by atoms with Crippen LogP contribution in [0.15, 0.2) is 122 Å². The van der Waals surface area contributed by atoms with Crippen LogP contribution in [0.4, 0.5) is 5.69 Å². The lowest BCUT2D eigenvalue weighted by molar-refractivity contribution is 0.892. The minimum absolute atomic E-state index is 0.0818. The maximum absolute atomic E-state index is 4.64. The molecule has 4 heteroatoms. The standard InChI is InChI=1S/C35H34N4/c1-3-30(36-33-20-11-10-19-32(33)28-16-12-15-27-23-29(27)24-28)22-21-25(2)34-37-38-35(26-13-6-4-7-14-26)39(34)31-17-8-5-9-18-31/h3-15,17-21,24,27,29-30,36H,1,16,22-23H2,2H3/b25-21+. The Balaban J connectivity index is 1.26. The second-order valence-corrected chi connectivity index (χ2v) is 10.4. The molecule has 4 aromatic rings. The summed E-state index contributed by atoms with van der Waals surface area (Å²) in [5.74, 6) is 3.13. The molecule has 194 valence electrons. The molecule has 2 aliphatic rings. The molecule has 1 aromatic heterocycles. The van der Waals surface area contributed by atoms with Crippen molar-refractivity contribution in [1.29, 1.82) is 0 Å². The maximum Gasteiger partial charge on any atom is 0.168 e. The number of nitrogens with one attached hydrogen (secondary N) is 1. The second kappa shape index (κ2) is 11.1. The third kappa shape index (κ3) is 5.42. The molecule has 0 saturated heterocycles. The molecule has 1 saturated carbocycles. The van der Waals surface area contributed by atoms with Gasteiger partial charge in [-0.25, -0.2) is 0 Å². The van der Waals surface area contributed by atoms with Crippen LogP contribution in [0.25, 0.3) is 28.2 Å². The van der Waals surface area contributed by atoms with Gasteiger partial charge in [0.2, 0.25) is 0 Å². The van der Waals surface area contributed by atoms with Crippen LogP contribution < -0.4 is 5.32 Å². The lowest BCUT2D eigenvalue weighted by Crippen LogP contribution is -2.16. The lowest BCUT2D eigenvalue weighted by Gasteiger charge is -2.19. The molecule has 3 unspecified atom stereocenters. The first-order valence-electron chi connectivity index (χ1n) is 13.8. The zero-order valence-corrected chi connectivity index (χ0v) is 22.4. The average molecular weight is 511 g/mol. The van der Waals surface area contributed by atoms with E-state index in [0.717, 1.165) is 52.9 Å². The summed E-state index contributed by atoms with van der Waals surface area (Å²) >= 11 is 0. The van der Waals surface area contributed by atoms with Crippen LogP contribution in [-0.2, 0) is 0 Å². The van der Waals surface area contributed by atoms with Gasteiger partial charge in [-0.2, -0.15) is 0 Å². The van der Waals surface area contributed by atoms with Gasteiger partial charge in [0.05, 0.1) is 0 Å². The van der Waals surface area contributed by atoms with Gasteiger partial charge in [0.1, 0.15) is 0 Å². The first-order valence-corrected chi connectivity index (χ1v) is 13.8. The number of allylic oxidation sites excluding steroid dienone is 5. The van der Waals surface area contributed by atoms with Crippen LogP contribution in [0.2, 0.25) is 0 Å². The molecule has 39 heavy (non-hydrogen) atoms. The number of nitrogens with zero attached hydrogens (tertiary/aromatic N) is 3. The zero-order chi connectivity index (χ0) is 26.6. The summed E-state index contributed by atoms with van der Waals surface area (Å²) in [6, 6.07) is 29.3. The Morgan fingerprint density at radius 1 is 0.974 bits per heavy atom. The second-order valence-electron chi connectivity index (χ2n) is 10.4. The molecular weight excluding hydrogens is 476 g/mol. The molecule has 0 amide bonds. The smallest absolute Gasteiger partial charge is 0.168 e. The van der Waals surface area contributed by atoms with Gasteiger partial charge in [-0.05, 0) is 67.4 Å². The third-order valence-corrected chi connectivity index (χ3v) is 7.67. The van der Waals surface area contributed by atoms with E-state index in [1.54, 1.807) is 0 Å². The third-order valence-electron chi connectivity index (χ3n) is 7.67. The van der Waals surface area contributed by atoms with Gasteiger partial charge < -0.3 is 5.32 Å². The molecule has 0 radical (unpaired) electrons. The summed E-state index contributed by atoms with van der Waals surface area (Å²) in [6.07, 6.45) is 14.5. The number of benzene rings is 3. The van der Waals surface area contributed by atoms with Crippen molar-refractivity contribution in [3.8, 4) is 17.1 Å². The van der Waals surface area contributed by atoms with E-state index in [1.807, 2.05) is 42.5 Å². The molecule has 0 bridgehead atoms. The summed E-state index contributed by atoms with van der Waals surface area (Å²) in [5, 5.41) is 13.0. The summed E-state index contributed by atoms with van der Waals surface area (Å²) in [4.78, 5) is 0. The van der Waals surface area contributed by atoms with Crippen molar-refractivity contribution in [3.63, 3.8) is 0 Å². The fourth-order valence-electron chi connectivity index (χ4n) is 5.38. The molecule has 2 aliphatic carbocycles. The molecule has 1 fully saturated rings. The highest BCUT2D eigenvalue weighted by Gasteiger charge is 2.34. The van der Waals surface area contributed by atoms with Gasteiger partial charge in [0.25, 0.3) is 0 Å². The zero-order valence-electron chi connectivity index (χ0n) is 22.4. The van der Waals surface area contributed by atoms with Gasteiger partial charge in [0, 0.05) is 28.5 Å². The summed E-state index contributed by atoms with van der Waals surface area (Å²) in [7, 11) is 0. The van der Waals surface area contributed by atoms with Crippen LogP contribution in [0.1, 0.15) is 37.6 Å². The van der Waals surface area contributed by atoms with Crippen molar-refractivity contribution in [2.45, 2.75) is 32.2 Å². The summed E-state index contributed by atoms with van der Waals surface area (Å²) < 4.78 is 2.14. The molecule has 3 atom stereocenters. The van der Waals surface area contributed by atoms with Crippen LogP contribution in [0.3, 0.4) is 0 Å². The quantitative estimate of drug-likeness (QED) is 0.230. The predicted octanol–water partition coefficient (Wildman–Crippen LogP) is 8.37. The van der Waals surface area contributed by atoms with Crippen LogP contribution in [0.5, 0.6) is 0 Å². The normalized spacial score (nSPS) is 19.0. The van der Waals surface area contributed by atoms with Gasteiger partial charge in [-0.15, -0.1) is 16.8 Å². The van der Waals surface area contributed by atoms with Gasteiger partial charge in [-0.1, -0.05) is 97.1 Å². The van der Waals surface area contributed by atoms with E-state index in [1.165, 1.54) is 17.6 Å². The van der Waals surface area contributed by atoms with E-state index in [4.69, 9.17) is 0 Å². The van der Waals surface area contributed by atoms with E-state index >= 15 is 0 Å². The van der Waals surface area contributed by atoms with E-state index < -0.39 is 0 Å². The molecular formula is C35H34N4. The van der Waals surface area contributed by atoms with Crippen molar-refractivity contribution in [2.24, 2.45) is 11.8 Å². The topological polar surface area (TPSA) is 42.7 Å². The monoisotopic (exact) mass is 510 g/mol. The highest BCUT2D eigenvalue weighted by molar-refractivity contribution is 5.78. The summed E-state index contributed by atoms with van der Waals surface area (Å²) in [6.45, 7) is 6.25. The van der Waals surface area contributed by atoms with Gasteiger partial charge in [-0.3, -0.25) is 4.57 Å². The molecule has 0 aliphatic heterocycles. The molecule has 4 nitrogen and oxygen atoms in total. The Morgan fingerprint density at radius 2 is 1.72 bits per heavy atom. The van der Waals surface area contributed by atoms with Crippen LogP contribution >= 0.6 is 0 Å². The Hall–Kier alpha value is -4.44. The van der Waals surface area contributed by atoms with Gasteiger partial charge in [0.15, 0.2) is 11.6 Å². The highest BCUT2D eigenvalue weighted by Crippen LogP contribution is 2.45. The van der Waals surface area contributed by atoms with E-state index in [2.05, 4.69) is 106 Å². The fraction of sp³-hybridized carbons (Fsp3) is 0.200. The van der Waals surface area contributed by atoms with E-state index in [0.29, 0.717) is 5.92 Å². The highest BCUT2D eigenvalue weighted by atomic mass is 15.3. The molecule has 1 heterocycles. The SMILES string of the molecule is C=CC(C/C=C(\C)c1nnc(-c2ccccc2)n1-c1ccccc1)Nc1ccccc1C1=CC2CC2C=CC1. The number of fused-ring (bicyclic) bond motifs is 1. The Morgan fingerprint density at radius 3 is 2.51 bits per heavy atom. The van der Waals surface area contributed by atoms with E-state index in [9.17, 15) is 0 Å². The van der Waals surface area contributed by atoms with Crippen molar-refractivity contribution < 1.29 is 0 Å². The number of aromatic nitrogens is 3. The Labute approximate surface area is 231 Å². The van der Waals surface area contributed by atoms with Crippen molar-refractivity contribution >= 4 is 16.8 Å². The number of hydrogen-bond donors (Lipinski definition) is 1. The van der Waals surface area contributed by atoms with Gasteiger partial charge >= 0.3 is 0 Å². The average Bonchev–Trinajstić information content (AvgIpc) is 3.62. The predicted molar refractivity (Wildman–Crippen MR) is 162 cm³/mol.